The molecule has 17 nitrogen and oxygen atoms in total. The molecule has 0 aromatic carbocycles. The van der Waals surface area contributed by atoms with Gasteiger partial charge >= 0.3 is 39.5 Å². The molecule has 0 spiro atoms. The average Bonchev–Trinajstić information content (AvgIpc) is 0.939. The van der Waals surface area contributed by atoms with E-state index in [1.54, 1.807) is 0 Å². The first-order chi connectivity index (χ1) is 49.7. The van der Waals surface area contributed by atoms with Gasteiger partial charge in [0.05, 0.1) is 26.4 Å². The van der Waals surface area contributed by atoms with Crippen molar-refractivity contribution in [3.8, 4) is 0 Å². The minimum Gasteiger partial charge on any atom is -0.462 e. The van der Waals surface area contributed by atoms with Crippen LogP contribution in [0.2, 0.25) is 0 Å². The zero-order chi connectivity index (χ0) is 74.6. The Labute approximate surface area is 617 Å². The lowest BCUT2D eigenvalue weighted by Crippen LogP contribution is -2.30. The number of phosphoric acid groups is 2. The highest BCUT2D eigenvalue weighted by Crippen LogP contribution is 2.45. The summed E-state index contributed by atoms with van der Waals surface area (Å²) in [6.45, 7) is 4.43. The van der Waals surface area contributed by atoms with Gasteiger partial charge in [-0.05, 0) is 141 Å². The molecule has 0 aromatic rings. The average molecular weight is 1470 g/mol. The third-order valence-corrected chi connectivity index (χ3v) is 17.7. The van der Waals surface area contributed by atoms with Gasteiger partial charge in [-0.25, -0.2) is 9.13 Å². The predicted octanol–water partition coefficient (Wildman–Crippen LogP) is 22.7. The quantitative estimate of drug-likeness (QED) is 0.0169. The van der Waals surface area contributed by atoms with E-state index in [4.69, 9.17) is 37.0 Å². The number of unbranched alkanes of at least 4 members (excludes halogenated alkanes) is 22. The number of allylic oxidation sites excluding steroid dienone is 24. The summed E-state index contributed by atoms with van der Waals surface area (Å²) in [6.07, 6.45) is 84.1. The lowest BCUT2D eigenvalue weighted by Gasteiger charge is -2.21. The van der Waals surface area contributed by atoms with Crippen molar-refractivity contribution in [1.29, 1.82) is 0 Å². The Kier molecular flexibility index (Phi) is 70.5. The van der Waals surface area contributed by atoms with Crippen LogP contribution in [-0.2, 0) is 65.4 Å². The molecule has 3 N–H and O–H groups in total. The van der Waals surface area contributed by atoms with Crippen LogP contribution >= 0.6 is 15.6 Å². The molecule has 0 aliphatic heterocycles. The maximum atomic E-state index is 13.1. The summed E-state index contributed by atoms with van der Waals surface area (Å²) in [5.41, 5.74) is 0. The van der Waals surface area contributed by atoms with Gasteiger partial charge in [0, 0.05) is 25.7 Å². The lowest BCUT2D eigenvalue weighted by molar-refractivity contribution is -0.161. The second kappa shape index (κ2) is 74.2. The third kappa shape index (κ3) is 73.3. The SMILES string of the molecule is CC/C=C\C/C=C\C/C=C\C/C=C\CCCCCCC(=O)OCC(COP(=O)(O)OCC(O)COP(=O)(O)OCC(COC(=O)CCCCCC/C=C\C/C=C\C/C=C\C/C=C\CC)OC(=O)CCCCCCCCCCCCCCC)OC(=O)CCCC/C=C\C/C=C\C/C=C\C/C=C\CC. The highest BCUT2D eigenvalue weighted by molar-refractivity contribution is 7.47. The maximum absolute atomic E-state index is 13.1. The van der Waals surface area contributed by atoms with Crippen molar-refractivity contribution >= 4 is 39.5 Å². The summed E-state index contributed by atoms with van der Waals surface area (Å²) in [4.78, 5) is 72.9. The minimum atomic E-state index is -5.00. The lowest BCUT2D eigenvalue weighted by atomic mass is 10.0. The summed E-state index contributed by atoms with van der Waals surface area (Å²) in [7, 11) is -9.99. The molecule has 0 amide bonds. The van der Waals surface area contributed by atoms with Crippen molar-refractivity contribution in [2.45, 2.75) is 316 Å². The molecule has 0 aliphatic carbocycles. The second-order valence-electron chi connectivity index (χ2n) is 25.5. The number of carbonyl (C=O) groups is 4. The number of aliphatic hydroxyl groups excluding tert-OH is 1. The van der Waals surface area contributed by atoms with Crippen molar-refractivity contribution in [2.75, 3.05) is 39.6 Å². The molecule has 5 atom stereocenters. The molecule has 0 rings (SSSR count). The number of rotatable bonds is 72. The van der Waals surface area contributed by atoms with Crippen molar-refractivity contribution in [3.63, 3.8) is 0 Å². The molecule has 0 aromatic heterocycles. The standard InChI is InChI=1S/C83H138O17P2/c1-5-9-13-17-21-25-29-33-36-38-41-44-47-51-55-59-63-67-80(85)93-73-78(99-82(87)69-65-61-57-53-49-43-32-28-24-20-16-12-8-4)75-97-101(89,90)95-71-77(84)72-96-102(91,92)98-76-79(100-83(88)70-66-62-58-54-50-46-40-35-31-27-23-19-15-11-7-3)74-94-81(86)68-64-60-56-52-48-45-42-39-37-34-30-26-22-18-14-10-6-2/h9-11,13-15,21-23,25-27,33-37,40-42,44-45,50,54,77-79,84H,5-8,12,16-20,24,28-32,38-39,43,46-49,51-53,55-76H2,1-4H3,(H,89,90)(H,91,92)/b13-9-,14-10-,15-11-,25-21-,26-22-,27-23-,36-33-,37-34-,40-35-,44-41-,45-42-,54-50-. The van der Waals surface area contributed by atoms with Crippen LogP contribution in [0, 0.1) is 0 Å². The van der Waals surface area contributed by atoms with Crippen LogP contribution in [0.1, 0.15) is 297 Å². The Bertz CT molecular complexity index is 2510. The van der Waals surface area contributed by atoms with Gasteiger partial charge in [0.15, 0.2) is 12.2 Å². The van der Waals surface area contributed by atoms with Gasteiger partial charge in [-0.1, -0.05) is 276 Å². The summed E-state index contributed by atoms with van der Waals surface area (Å²) in [5, 5.41) is 10.6. The Balaban J connectivity index is 5.43. The van der Waals surface area contributed by atoms with Crippen LogP contribution in [0.15, 0.2) is 146 Å². The smallest absolute Gasteiger partial charge is 0.462 e. The van der Waals surface area contributed by atoms with E-state index in [1.807, 2.05) is 0 Å². The fourth-order valence-electron chi connectivity index (χ4n) is 9.96. The molecule has 582 valence electrons. The highest BCUT2D eigenvalue weighted by atomic mass is 31.2. The normalized spacial score (nSPS) is 14.7. The predicted molar refractivity (Wildman–Crippen MR) is 417 cm³/mol. The number of phosphoric ester groups is 2. The molecule has 0 fully saturated rings. The molecule has 5 unspecified atom stereocenters. The van der Waals surface area contributed by atoms with Gasteiger partial charge in [-0.2, -0.15) is 0 Å². The number of ether oxygens (including phenoxy) is 4. The van der Waals surface area contributed by atoms with E-state index < -0.39 is 97.5 Å². The van der Waals surface area contributed by atoms with E-state index in [-0.39, 0.29) is 25.7 Å². The largest absolute Gasteiger partial charge is 0.472 e. The fraction of sp³-hybridized carbons (Fsp3) is 0.663. The van der Waals surface area contributed by atoms with E-state index in [0.29, 0.717) is 32.1 Å². The number of aliphatic hydroxyl groups is 1. The van der Waals surface area contributed by atoms with Crippen LogP contribution in [-0.4, -0.2) is 96.7 Å². The van der Waals surface area contributed by atoms with E-state index >= 15 is 0 Å². The minimum absolute atomic E-state index is 0.0326. The second-order valence-corrected chi connectivity index (χ2v) is 28.4. The van der Waals surface area contributed by atoms with E-state index in [0.717, 1.165) is 161 Å². The van der Waals surface area contributed by atoms with Gasteiger partial charge in [-0.3, -0.25) is 37.3 Å². The number of esters is 4. The van der Waals surface area contributed by atoms with Crippen LogP contribution in [0.25, 0.3) is 0 Å². The van der Waals surface area contributed by atoms with Crippen molar-refractivity contribution in [2.24, 2.45) is 0 Å². The third-order valence-electron chi connectivity index (χ3n) is 15.8. The molecular formula is C83H138O17P2. The highest BCUT2D eigenvalue weighted by Gasteiger charge is 2.30. The topological polar surface area (TPSA) is 237 Å². The van der Waals surface area contributed by atoms with E-state index in [1.165, 1.54) is 51.4 Å². The molecular weight excluding hydrogens is 1330 g/mol. The van der Waals surface area contributed by atoms with Crippen LogP contribution < -0.4 is 0 Å². The number of hydrogen-bond donors (Lipinski definition) is 3. The Morgan fingerprint density at radius 1 is 0.284 bits per heavy atom. The fourth-order valence-corrected chi connectivity index (χ4v) is 11.5. The summed E-state index contributed by atoms with van der Waals surface area (Å²) in [5.74, 6) is -2.28. The van der Waals surface area contributed by atoms with Crippen molar-refractivity contribution in [1.82, 2.24) is 0 Å². The maximum Gasteiger partial charge on any atom is 0.472 e. The zero-order valence-corrected chi connectivity index (χ0v) is 65.3. The Morgan fingerprint density at radius 3 is 0.804 bits per heavy atom. The molecule has 102 heavy (non-hydrogen) atoms. The van der Waals surface area contributed by atoms with Crippen molar-refractivity contribution < 1.29 is 80.2 Å². The molecule has 0 aliphatic rings. The van der Waals surface area contributed by atoms with Crippen LogP contribution in [0.5, 0.6) is 0 Å². The van der Waals surface area contributed by atoms with E-state index in [9.17, 15) is 43.2 Å². The molecule has 0 radical (unpaired) electrons. The zero-order valence-electron chi connectivity index (χ0n) is 63.5. The first-order valence-corrected chi connectivity index (χ1v) is 42.1. The van der Waals surface area contributed by atoms with Gasteiger partial charge < -0.3 is 33.8 Å². The van der Waals surface area contributed by atoms with E-state index in [2.05, 4.69) is 174 Å². The monoisotopic (exact) mass is 1470 g/mol. The van der Waals surface area contributed by atoms with Crippen molar-refractivity contribution in [3.05, 3.63) is 146 Å². The summed E-state index contributed by atoms with van der Waals surface area (Å²) < 4.78 is 68.5. The summed E-state index contributed by atoms with van der Waals surface area (Å²) >= 11 is 0. The summed E-state index contributed by atoms with van der Waals surface area (Å²) in [6, 6.07) is 0. The van der Waals surface area contributed by atoms with Gasteiger partial charge in [-0.15, -0.1) is 0 Å². The van der Waals surface area contributed by atoms with Gasteiger partial charge in [0.25, 0.3) is 0 Å². The Morgan fingerprint density at radius 2 is 0.510 bits per heavy atom. The Hall–Kier alpha value is -5.06. The molecule has 0 saturated carbocycles. The first-order valence-electron chi connectivity index (χ1n) is 39.1. The molecule has 19 heteroatoms. The van der Waals surface area contributed by atoms with Crippen LogP contribution in [0.3, 0.4) is 0 Å². The van der Waals surface area contributed by atoms with Gasteiger partial charge in [0.2, 0.25) is 0 Å². The first kappa shape index (κ1) is 96.9. The number of carbonyl (C=O) groups excluding carboxylic acids is 4. The molecule has 0 bridgehead atoms. The molecule has 0 saturated heterocycles. The van der Waals surface area contributed by atoms with Gasteiger partial charge in [0.1, 0.15) is 19.3 Å². The van der Waals surface area contributed by atoms with Crippen LogP contribution in [0.4, 0.5) is 0 Å². The molecule has 0 heterocycles. The number of hydrogen-bond acceptors (Lipinski definition) is 15.